The van der Waals surface area contributed by atoms with Gasteiger partial charge in [0.25, 0.3) is 0 Å². The molecule has 3 aromatic rings. The molecule has 0 atom stereocenters. The predicted molar refractivity (Wildman–Crippen MR) is 125 cm³/mol. The number of rotatable bonds is 8. The quantitative estimate of drug-likeness (QED) is 0.412. The molecule has 0 aromatic heterocycles. The van der Waals surface area contributed by atoms with Gasteiger partial charge in [0, 0.05) is 19.3 Å². The maximum Gasteiger partial charge on any atom is 0.191 e. The van der Waals surface area contributed by atoms with Crippen LogP contribution in [0.2, 0.25) is 0 Å². The Morgan fingerprint density at radius 1 is 0.968 bits per heavy atom. The maximum absolute atomic E-state index is 13.7. The van der Waals surface area contributed by atoms with E-state index >= 15 is 0 Å². The Morgan fingerprint density at radius 2 is 1.74 bits per heavy atom. The van der Waals surface area contributed by atoms with Crippen molar-refractivity contribution >= 4 is 26.6 Å². The summed E-state index contributed by atoms with van der Waals surface area (Å²) < 4.78 is 37.1. The van der Waals surface area contributed by atoms with Gasteiger partial charge in [-0.15, -0.1) is 0 Å². The van der Waals surface area contributed by atoms with Gasteiger partial charge < -0.3 is 10.6 Å². The van der Waals surface area contributed by atoms with Crippen molar-refractivity contribution in [2.45, 2.75) is 25.6 Å². The van der Waals surface area contributed by atoms with Crippen molar-refractivity contribution in [1.82, 2.24) is 10.6 Å². The molecule has 7 heteroatoms. The van der Waals surface area contributed by atoms with Crippen LogP contribution >= 0.6 is 0 Å². The molecule has 0 bridgehead atoms. The van der Waals surface area contributed by atoms with Crippen molar-refractivity contribution in [1.29, 1.82) is 0 Å². The van der Waals surface area contributed by atoms with Gasteiger partial charge in [0.1, 0.15) is 5.82 Å². The van der Waals surface area contributed by atoms with Crippen LogP contribution in [0.25, 0.3) is 10.8 Å². The number of nitrogens with one attached hydrogen (secondary N) is 2. The van der Waals surface area contributed by atoms with E-state index in [0.717, 1.165) is 6.42 Å². The molecule has 0 radical (unpaired) electrons. The molecule has 3 rings (SSSR count). The smallest absolute Gasteiger partial charge is 0.191 e. The molecule has 31 heavy (non-hydrogen) atoms. The van der Waals surface area contributed by atoms with Gasteiger partial charge in [-0.25, -0.2) is 17.8 Å². The van der Waals surface area contributed by atoms with Gasteiger partial charge in [0.05, 0.1) is 12.3 Å². The van der Waals surface area contributed by atoms with Gasteiger partial charge in [-0.05, 0) is 52.9 Å². The Bertz CT molecular complexity index is 1180. The van der Waals surface area contributed by atoms with Gasteiger partial charge in [0.15, 0.2) is 15.8 Å². The Labute approximate surface area is 183 Å². The Hall–Kier alpha value is -2.93. The summed E-state index contributed by atoms with van der Waals surface area (Å²) in [6.07, 6.45) is 2.00. The molecule has 2 N–H and O–H groups in total. The van der Waals surface area contributed by atoms with Crippen LogP contribution in [0.1, 0.15) is 23.6 Å². The number of fused-ring (bicyclic) bond motifs is 1. The monoisotopic (exact) mass is 441 g/mol. The summed E-state index contributed by atoms with van der Waals surface area (Å²) in [5.74, 6) is 0.0685. The van der Waals surface area contributed by atoms with Gasteiger partial charge in [-0.1, -0.05) is 48.5 Å². The second-order valence-corrected chi connectivity index (χ2v) is 9.68. The van der Waals surface area contributed by atoms with E-state index in [9.17, 15) is 12.8 Å². The fraction of sp³-hybridized carbons (Fsp3) is 0.292. The van der Waals surface area contributed by atoms with Crippen molar-refractivity contribution < 1.29 is 12.8 Å². The molecular weight excluding hydrogens is 413 g/mol. The van der Waals surface area contributed by atoms with Crippen LogP contribution < -0.4 is 10.6 Å². The largest absolute Gasteiger partial charge is 0.357 e. The maximum atomic E-state index is 13.7. The lowest BCUT2D eigenvalue weighted by molar-refractivity contribution is 0.600. The summed E-state index contributed by atoms with van der Waals surface area (Å²) in [4.78, 5) is 4.53. The molecule has 0 saturated heterocycles. The molecule has 5 nitrogen and oxygen atoms in total. The molecule has 0 unspecified atom stereocenters. The first-order valence-electron chi connectivity index (χ1n) is 10.3. The summed E-state index contributed by atoms with van der Waals surface area (Å²) >= 11 is 0. The SMILES string of the molecule is CCNC(=NCc1cc(F)ccc1CS(C)(=O)=O)NCCc1ccc2ccccc2c1. The van der Waals surface area contributed by atoms with Gasteiger partial charge in [0.2, 0.25) is 0 Å². The molecule has 0 spiro atoms. The zero-order chi connectivity index (χ0) is 22.3. The van der Waals surface area contributed by atoms with E-state index in [1.54, 1.807) is 0 Å². The van der Waals surface area contributed by atoms with E-state index < -0.39 is 15.7 Å². The third-order valence-corrected chi connectivity index (χ3v) is 5.69. The number of hydrogen-bond donors (Lipinski definition) is 2. The standard InChI is InChI=1S/C24H28FN3O2S/c1-3-26-24(27-13-12-18-8-9-19-6-4-5-7-20(19)14-18)28-16-22-15-23(25)11-10-21(22)17-31(2,29)30/h4-11,14-15H,3,12-13,16-17H2,1-2H3,(H2,26,27,28). The molecule has 0 amide bonds. The minimum atomic E-state index is -3.22. The molecular formula is C24H28FN3O2S. The average molecular weight is 442 g/mol. The van der Waals surface area contributed by atoms with Gasteiger partial charge in [-0.3, -0.25) is 0 Å². The highest BCUT2D eigenvalue weighted by molar-refractivity contribution is 7.89. The fourth-order valence-corrected chi connectivity index (χ4v) is 4.24. The second kappa shape index (κ2) is 10.4. The third kappa shape index (κ3) is 7.07. The fourth-order valence-electron chi connectivity index (χ4n) is 3.39. The summed E-state index contributed by atoms with van der Waals surface area (Å²) in [6, 6.07) is 18.8. The van der Waals surface area contributed by atoms with E-state index in [-0.39, 0.29) is 12.3 Å². The van der Waals surface area contributed by atoms with Gasteiger partial charge >= 0.3 is 0 Å². The predicted octanol–water partition coefficient (Wildman–Crippen LogP) is 3.82. The number of hydrogen-bond acceptors (Lipinski definition) is 3. The van der Waals surface area contributed by atoms with Crippen molar-refractivity contribution in [2.75, 3.05) is 19.3 Å². The lowest BCUT2D eigenvalue weighted by Gasteiger charge is -2.13. The first-order chi connectivity index (χ1) is 14.8. The first kappa shape index (κ1) is 22.7. The number of sulfone groups is 1. The third-order valence-electron chi connectivity index (χ3n) is 4.86. The summed E-state index contributed by atoms with van der Waals surface area (Å²) in [7, 11) is -3.22. The van der Waals surface area contributed by atoms with Crippen molar-refractivity contribution in [3.05, 3.63) is 83.2 Å². The number of benzene rings is 3. The van der Waals surface area contributed by atoms with Crippen LogP contribution in [0.15, 0.2) is 65.7 Å². The molecule has 0 aliphatic heterocycles. The molecule has 0 fully saturated rings. The topological polar surface area (TPSA) is 70.6 Å². The first-order valence-corrected chi connectivity index (χ1v) is 12.3. The molecule has 164 valence electrons. The van der Waals surface area contributed by atoms with Gasteiger partial charge in [-0.2, -0.15) is 0 Å². The van der Waals surface area contributed by atoms with Crippen molar-refractivity contribution in [3.8, 4) is 0 Å². The Morgan fingerprint density at radius 3 is 2.48 bits per heavy atom. The number of aliphatic imine (C=N–C) groups is 1. The minimum absolute atomic E-state index is 0.135. The number of nitrogens with zero attached hydrogens (tertiary/aromatic N) is 1. The van der Waals surface area contributed by atoms with Crippen LogP contribution in [-0.4, -0.2) is 33.7 Å². The average Bonchev–Trinajstić information content (AvgIpc) is 2.72. The molecule has 0 heterocycles. The van der Waals surface area contributed by atoms with Crippen molar-refractivity contribution in [2.24, 2.45) is 4.99 Å². The zero-order valence-electron chi connectivity index (χ0n) is 17.9. The highest BCUT2D eigenvalue weighted by Gasteiger charge is 2.11. The van der Waals surface area contributed by atoms with E-state index in [1.807, 2.05) is 19.1 Å². The highest BCUT2D eigenvalue weighted by atomic mass is 32.2. The highest BCUT2D eigenvalue weighted by Crippen LogP contribution is 2.17. The number of guanidine groups is 1. The van der Waals surface area contributed by atoms with Crippen LogP contribution in [0.3, 0.4) is 0 Å². The van der Waals surface area contributed by atoms with Crippen LogP contribution in [0, 0.1) is 5.82 Å². The summed E-state index contributed by atoms with van der Waals surface area (Å²) in [5, 5.41) is 8.90. The van der Waals surface area contributed by atoms with E-state index in [1.165, 1.54) is 40.8 Å². The number of halogens is 1. The molecule has 0 saturated carbocycles. The molecule has 0 aliphatic rings. The minimum Gasteiger partial charge on any atom is -0.357 e. The van der Waals surface area contributed by atoms with Crippen LogP contribution in [-0.2, 0) is 28.6 Å². The Balaban J connectivity index is 1.66. The lowest BCUT2D eigenvalue weighted by atomic mass is 10.1. The summed E-state index contributed by atoms with van der Waals surface area (Å²) in [6.45, 7) is 3.52. The second-order valence-electron chi connectivity index (χ2n) is 7.54. The lowest BCUT2D eigenvalue weighted by Crippen LogP contribution is -2.38. The Kier molecular flexibility index (Phi) is 7.63. The van der Waals surface area contributed by atoms with E-state index in [0.29, 0.717) is 30.2 Å². The molecule has 0 aliphatic carbocycles. The van der Waals surface area contributed by atoms with Crippen molar-refractivity contribution in [3.63, 3.8) is 0 Å². The van der Waals surface area contributed by atoms with E-state index in [4.69, 9.17) is 0 Å². The summed E-state index contributed by atoms with van der Waals surface area (Å²) in [5.41, 5.74) is 2.36. The van der Waals surface area contributed by atoms with E-state index in [2.05, 4.69) is 46.0 Å². The molecule has 3 aromatic carbocycles. The van der Waals surface area contributed by atoms with Crippen LogP contribution in [0.4, 0.5) is 4.39 Å². The van der Waals surface area contributed by atoms with Crippen LogP contribution in [0.5, 0.6) is 0 Å². The zero-order valence-corrected chi connectivity index (χ0v) is 18.7. The normalized spacial score (nSPS) is 12.2.